The molecule has 0 unspecified atom stereocenters. The lowest BCUT2D eigenvalue weighted by molar-refractivity contribution is -0.130. The van der Waals surface area contributed by atoms with Gasteiger partial charge in [0.2, 0.25) is 12.3 Å². The Morgan fingerprint density at radius 2 is 2.32 bits per heavy atom. The van der Waals surface area contributed by atoms with Crippen LogP contribution in [0.3, 0.4) is 0 Å². The molecule has 1 aromatic carbocycles. The molecule has 1 aromatic rings. The number of halogens is 1. The van der Waals surface area contributed by atoms with Gasteiger partial charge in [0.1, 0.15) is 6.04 Å². The molecule has 0 aromatic heterocycles. The van der Waals surface area contributed by atoms with Crippen molar-refractivity contribution in [3.05, 3.63) is 29.3 Å². The van der Waals surface area contributed by atoms with Crippen molar-refractivity contribution in [1.82, 2.24) is 4.90 Å². The average Bonchev–Trinajstić information content (AvgIpc) is 2.64. The average molecular weight is 299 g/mol. The van der Waals surface area contributed by atoms with Gasteiger partial charge in [-0.2, -0.15) is 0 Å². The number of carbonyl (C=O) groups excluding carboxylic acids is 2. The highest BCUT2D eigenvalue weighted by molar-refractivity contribution is 8.00. The molecule has 4 nitrogen and oxygen atoms in total. The molecule has 0 aliphatic carbocycles. The van der Waals surface area contributed by atoms with E-state index in [1.54, 1.807) is 40.9 Å². The van der Waals surface area contributed by atoms with Gasteiger partial charge in [-0.1, -0.05) is 17.7 Å². The smallest absolute Gasteiger partial charge is 0.248 e. The SMILES string of the molecule is CC1(C)SC[C@H](C(=O)Nc2cccc(Cl)c2)N1C=O. The van der Waals surface area contributed by atoms with Crippen LogP contribution in [0, 0.1) is 0 Å². The summed E-state index contributed by atoms with van der Waals surface area (Å²) in [7, 11) is 0. The van der Waals surface area contributed by atoms with Gasteiger partial charge in [-0.15, -0.1) is 11.8 Å². The maximum absolute atomic E-state index is 12.2. The maximum atomic E-state index is 12.2. The number of hydrogen-bond donors (Lipinski definition) is 1. The maximum Gasteiger partial charge on any atom is 0.248 e. The van der Waals surface area contributed by atoms with Gasteiger partial charge in [-0.05, 0) is 32.0 Å². The summed E-state index contributed by atoms with van der Waals surface area (Å²) in [4.78, 5) is 24.6. The van der Waals surface area contributed by atoms with Crippen molar-refractivity contribution >= 4 is 41.4 Å². The summed E-state index contributed by atoms with van der Waals surface area (Å²) in [5, 5.41) is 3.35. The van der Waals surface area contributed by atoms with Crippen LogP contribution >= 0.6 is 23.4 Å². The highest BCUT2D eigenvalue weighted by Gasteiger charge is 2.42. The first-order valence-electron chi connectivity index (χ1n) is 5.88. The summed E-state index contributed by atoms with van der Waals surface area (Å²) < 4.78 is 0. The number of nitrogens with zero attached hydrogens (tertiary/aromatic N) is 1. The Morgan fingerprint density at radius 3 is 2.95 bits per heavy atom. The lowest BCUT2D eigenvalue weighted by Gasteiger charge is -2.30. The number of nitrogens with one attached hydrogen (secondary N) is 1. The fraction of sp³-hybridized carbons (Fsp3) is 0.385. The molecule has 0 spiro atoms. The van der Waals surface area contributed by atoms with E-state index in [2.05, 4.69) is 5.32 Å². The van der Waals surface area contributed by atoms with Crippen LogP contribution in [0.5, 0.6) is 0 Å². The molecule has 1 heterocycles. The van der Waals surface area contributed by atoms with Gasteiger partial charge in [-0.25, -0.2) is 0 Å². The van der Waals surface area contributed by atoms with E-state index in [-0.39, 0.29) is 10.8 Å². The molecule has 1 saturated heterocycles. The van der Waals surface area contributed by atoms with Crippen molar-refractivity contribution in [2.24, 2.45) is 0 Å². The number of amides is 2. The topological polar surface area (TPSA) is 49.4 Å². The summed E-state index contributed by atoms with van der Waals surface area (Å²) in [6, 6.07) is 6.50. The Labute approximate surface area is 121 Å². The van der Waals surface area contributed by atoms with E-state index in [9.17, 15) is 9.59 Å². The minimum atomic E-state index is -0.448. The molecule has 19 heavy (non-hydrogen) atoms. The van der Waals surface area contributed by atoms with Crippen molar-refractivity contribution in [3.63, 3.8) is 0 Å². The Bertz CT molecular complexity index is 507. The summed E-state index contributed by atoms with van der Waals surface area (Å²) in [6.45, 7) is 3.86. The van der Waals surface area contributed by atoms with Crippen LogP contribution in [0.1, 0.15) is 13.8 Å². The van der Waals surface area contributed by atoms with Crippen molar-refractivity contribution in [1.29, 1.82) is 0 Å². The summed E-state index contributed by atoms with van der Waals surface area (Å²) >= 11 is 7.46. The summed E-state index contributed by atoms with van der Waals surface area (Å²) in [6.07, 6.45) is 0.738. The van der Waals surface area contributed by atoms with E-state index in [1.165, 1.54) is 0 Å². The number of carbonyl (C=O) groups is 2. The van der Waals surface area contributed by atoms with E-state index in [1.807, 2.05) is 13.8 Å². The molecule has 1 atom stereocenters. The predicted molar refractivity (Wildman–Crippen MR) is 78.3 cm³/mol. The fourth-order valence-corrected chi connectivity index (χ4v) is 3.39. The molecule has 2 amide bonds. The number of thioether (sulfide) groups is 1. The van der Waals surface area contributed by atoms with Crippen LogP contribution in [0.4, 0.5) is 5.69 Å². The van der Waals surface area contributed by atoms with Gasteiger partial charge in [0, 0.05) is 16.5 Å². The molecule has 1 aliphatic heterocycles. The molecule has 0 radical (unpaired) electrons. The minimum Gasteiger partial charge on any atom is -0.324 e. The number of hydrogen-bond acceptors (Lipinski definition) is 3. The first-order valence-corrected chi connectivity index (χ1v) is 7.24. The van der Waals surface area contributed by atoms with Crippen LogP contribution in [0.25, 0.3) is 0 Å². The standard InChI is InChI=1S/C13H15ClN2O2S/c1-13(2)16(8-17)11(7-19-13)12(18)15-10-5-3-4-9(14)6-10/h3-6,8,11H,7H2,1-2H3,(H,15,18)/t11-/m1/s1. The van der Waals surface area contributed by atoms with Crippen molar-refractivity contribution in [3.8, 4) is 0 Å². The summed E-state index contributed by atoms with van der Waals surface area (Å²) in [5.41, 5.74) is 0.637. The van der Waals surface area contributed by atoms with E-state index in [0.29, 0.717) is 16.5 Å². The summed E-state index contributed by atoms with van der Waals surface area (Å²) in [5.74, 6) is 0.408. The molecule has 6 heteroatoms. The largest absolute Gasteiger partial charge is 0.324 e. The molecule has 1 N–H and O–H groups in total. The molecule has 0 saturated carbocycles. The Hall–Kier alpha value is -1.20. The number of benzene rings is 1. The molecule has 102 valence electrons. The number of anilines is 1. The zero-order valence-electron chi connectivity index (χ0n) is 10.7. The van der Waals surface area contributed by atoms with Crippen LogP contribution < -0.4 is 5.32 Å². The van der Waals surface area contributed by atoms with E-state index >= 15 is 0 Å². The highest BCUT2D eigenvalue weighted by Crippen LogP contribution is 2.37. The highest BCUT2D eigenvalue weighted by atomic mass is 35.5. The Balaban J connectivity index is 2.10. The second-order valence-electron chi connectivity index (χ2n) is 4.79. The molecule has 0 bridgehead atoms. The van der Waals surface area contributed by atoms with Gasteiger partial charge in [0.15, 0.2) is 0 Å². The van der Waals surface area contributed by atoms with E-state index in [4.69, 9.17) is 11.6 Å². The lowest BCUT2D eigenvalue weighted by Crippen LogP contribution is -2.47. The Kier molecular flexibility index (Phi) is 4.06. The van der Waals surface area contributed by atoms with Crippen LogP contribution in [-0.2, 0) is 9.59 Å². The first kappa shape index (κ1) is 14.2. The third kappa shape index (κ3) is 3.04. The zero-order valence-corrected chi connectivity index (χ0v) is 12.3. The van der Waals surface area contributed by atoms with Gasteiger partial charge in [0.05, 0.1) is 4.87 Å². The van der Waals surface area contributed by atoms with Crippen LogP contribution in [0.15, 0.2) is 24.3 Å². The van der Waals surface area contributed by atoms with Crippen LogP contribution in [0.2, 0.25) is 5.02 Å². The second-order valence-corrected chi connectivity index (χ2v) is 6.84. The van der Waals surface area contributed by atoms with Crippen LogP contribution in [-0.4, -0.2) is 33.9 Å². The van der Waals surface area contributed by atoms with Crippen molar-refractivity contribution < 1.29 is 9.59 Å². The second kappa shape index (κ2) is 5.43. The number of rotatable bonds is 3. The third-order valence-electron chi connectivity index (χ3n) is 3.06. The fourth-order valence-electron chi connectivity index (χ4n) is 2.01. The Morgan fingerprint density at radius 1 is 1.58 bits per heavy atom. The molecular weight excluding hydrogens is 284 g/mol. The molecule has 1 fully saturated rings. The van der Waals surface area contributed by atoms with Crippen molar-refractivity contribution in [2.45, 2.75) is 24.8 Å². The molecule has 2 rings (SSSR count). The molecule has 1 aliphatic rings. The van der Waals surface area contributed by atoms with E-state index in [0.717, 1.165) is 6.41 Å². The third-order valence-corrected chi connectivity index (χ3v) is 4.70. The predicted octanol–water partition coefficient (Wildman–Crippen LogP) is 2.59. The monoisotopic (exact) mass is 298 g/mol. The van der Waals surface area contributed by atoms with Gasteiger partial charge >= 0.3 is 0 Å². The normalized spacial score (nSPS) is 21.2. The van der Waals surface area contributed by atoms with E-state index < -0.39 is 6.04 Å². The van der Waals surface area contributed by atoms with Gasteiger partial charge in [0.25, 0.3) is 0 Å². The molecular formula is C13H15ClN2O2S. The first-order chi connectivity index (χ1) is 8.94. The van der Waals surface area contributed by atoms with Gasteiger partial charge < -0.3 is 10.2 Å². The minimum absolute atomic E-state index is 0.188. The quantitative estimate of drug-likeness (QED) is 0.873. The zero-order chi connectivity index (χ0) is 14.0. The van der Waals surface area contributed by atoms with Crippen molar-refractivity contribution in [2.75, 3.05) is 11.1 Å². The van der Waals surface area contributed by atoms with Gasteiger partial charge in [-0.3, -0.25) is 9.59 Å². The lowest BCUT2D eigenvalue weighted by atomic mass is 10.2.